The third-order valence-electron chi connectivity index (χ3n) is 4.67. The number of hydrogen-bond acceptors (Lipinski definition) is 6. The average molecular weight is 512 g/mol. The largest absolute Gasteiger partial charge is 0.457 e. The summed E-state index contributed by atoms with van der Waals surface area (Å²) in [6.07, 6.45) is 1.65. The third kappa shape index (κ3) is 5.00. The number of hydrogen-bond donors (Lipinski definition) is 1. The van der Waals surface area contributed by atoms with Crippen LogP contribution in [-0.4, -0.2) is 16.0 Å². The number of thioether (sulfide) groups is 1. The van der Waals surface area contributed by atoms with Gasteiger partial charge in [0.2, 0.25) is 0 Å². The van der Waals surface area contributed by atoms with E-state index < -0.39 is 4.92 Å². The molecule has 1 amide bonds. The van der Waals surface area contributed by atoms with Crippen LogP contribution < -0.4 is 5.32 Å². The van der Waals surface area contributed by atoms with Gasteiger partial charge in [0, 0.05) is 28.2 Å². The zero-order valence-corrected chi connectivity index (χ0v) is 19.6. The molecule has 0 atom stereocenters. The van der Waals surface area contributed by atoms with Crippen LogP contribution in [0.1, 0.15) is 22.5 Å². The van der Waals surface area contributed by atoms with Crippen molar-refractivity contribution >= 4 is 50.5 Å². The van der Waals surface area contributed by atoms with Crippen LogP contribution in [0, 0.1) is 24.0 Å². The Morgan fingerprint density at radius 1 is 1.16 bits per heavy atom. The van der Waals surface area contributed by atoms with Gasteiger partial charge in [0.1, 0.15) is 11.5 Å². The van der Waals surface area contributed by atoms with Crippen LogP contribution in [0.2, 0.25) is 0 Å². The summed E-state index contributed by atoms with van der Waals surface area (Å²) in [6.45, 7) is 4.57. The van der Waals surface area contributed by atoms with E-state index in [4.69, 9.17) is 4.42 Å². The Balaban J connectivity index is 1.49. The summed E-state index contributed by atoms with van der Waals surface area (Å²) in [5.41, 5.74) is 4.11. The minimum atomic E-state index is -0.457. The molecule has 1 aliphatic rings. The number of nitro groups is 1. The lowest BCUT2D eigenvalue weighted by atomic mass is 10.1. The van der Waals surface area contributed by atoms with Gasteiger partial charge < -0.3 is 9.73 Å². The van der Waals surface area contributed by atoms with E-state index in [2.05, 4.69) is 44.4 Å². The van der Waals surface area contributed by atoms with Gasteiger partial charge in [0.05, 0.1) is 16.4 Å². The van der Waals surface area contributed by atoms with E-state index in [9.17, 15) is 14.9 Å². The van der Waals surface area contributed by atoms with Crippen LogP contribution in [-0.2, 0) is 11.3 Å². The average Bonchev–Trinajstić information content (AvgIpc) is 3.32. The third-order valence-corrected chi connectivity index (χ3v) is 6.27. The second-order valence-corrected chi connectivity index (χ2v) is 9.19. The van der Waals surface area contributed by atoms with Crippen LogP contribution in [0.3, 0.4) is 0 Å². The molecule has 4 rings (SSSR count). The number of aliphatic imine (C=N–C) groups is 1. The summed E-state index contributed by atoms with van der Waals surface area (Å²) in [4.78, 5) is 27.8. The topological polar surface area (TPSA) is 97.7 Å². The number of halogens is 1. The fourth-order valence-corrected chi connectivity index (χ4v) is 4.71. The highest BCUT2D eigenvalue weighted by Crippen LogP contribution is 2.34. The molecular weight excluding hydrogens is 494 g/mol. The smallest absolute Gasteiger partial charge is 0.270 e. The first-order valence-corrected chi connectivity index (χ1v) is 11.3. The minimum Gasteiger partial charge on any atom is -0.457 e. The Kier molecular flexibility index (Phi) is 6.29. The Bertz CT molecular complexity index is 1280. The second kappa shape index (κ2) is 9.13. The van der Waals surface area contributed by atoms with Crippen LogP contribution in [0.4, 0.5) is 5.69 Å². The Morgan fingerprint density at radius 3 is 2.59 bits per heavy atom. The van der Waals surface area contributed by atoms with Gasteiger partial charge in [-0.2, -0.15) is 0 Å². The number of amidine groups is 1. The molecule has 1 N–H and O–H groups in total. The van der Waals surface area contributed by atoms with Gasteiger partial charge in [-0.3, -0.25) is 19.9 Å². The number of non-ortho nitro benzene ring substituents is 1. The SMILES string of the molecule is Cc1cc(C)cc(CN=C2NC(=O)/C(=C/c3ccc(-c4ccc([N+](=O)[O-])cc4Br)o3)S2)c1. The molecule has 1 fully saturated rings. The second-order valence-electron chi connectivity index (χ2n) is 7.31. The van der Waals surface area contributed by atoms with Crippen molar-refractivity contribution in [3.8, 4) is 11.3 Å². The molecular formula is C23H18BrN3O4S. The van der Waals surface area contributed by atoms with Crippen LogP contribution in [0.15, 0.2) is 67.3 Å². The monoisotopic (exact) mass is 511 g/mol. The van der Waals surface area contributed by atoms with E-state index in [-0.39, 0.29) is 11.6 Å². The van der Waals surface area contributed by atoms with Crippen molar-refractivity contribution in [1.29, 1.82) is 0 Å². The summed E-state index contributed by atoms with van der Waals surface area (Å²) >= 11 is 4.61. The lowest BCUT2D eigenvalue weighted by Gasteiger charge is -2.02. The molecule has 2 heterocycles. The fourth-order valence-electron chi connectivity index (χ4n) is 3.35. The minimum absolute atomic E-state index is 0.0128. The Labute approximate surface area is 196 Å². The molecule has 9 heteroatoms. The van der Waals surface area contributed by atoms with Crippen LogP contribution >= 0.6 is 27.7 Å². The number of carbonyl (C=O) groups excluding carboxylic acids is 1. The van der Waals surface area contributed by atoms with Crippen molar-refractivity contribution in [3.05, 3.63) is 90.5 Å². The molecule has 7 nitrogen and oxygen atoms in total. The first-order valence-electron chi connectivity index (χ1n) is 9.65. The zero-order valence-electron chi connectivity index (χ0n) is 17.2. The predicted octanol–water partition coefficient (Wildman–Crippen LogP) is 5.99. The number of amides is 1. The molecule has 0 aliphatic carbocycles. The van der Waals surface area contributed by atoms with Crippen LogP contribution in [0.5, 0.6) is 0 Å². The summed E-state index contributed by atoms with van der Waals surface area (Å²) in [6, 6.07) is 14.2. The molecule has 0 spiro atoms. The number of nitrogens with zero attached hydrogens (tertiary/aromatic N) is 2. The molecule has 0 bridgehead atoms. The van der Waals surface area contributed by atoms with Gasteiger partial charge in [-0.1, -0.05) is 29.3 Å². The molecule has 162 valence electrons. The standard InChI is InChI=1S/C23H18BrN3O4S/c1-13-7-14(2)9-15(8-13)12-25-23-26-22(28)21(32-23)11-17-4-6-20(31-17)18-5-3-16(27(29)30)10-19(18)24/h3-11H,12H2,1-2H3,(H,25,26,28)/b21-11-. The number of furan rings is 1. The molecule has 0 saturated carbocycles. The number of nitrogens with one attached hydrogen (secondary N) is 1. The van der Waals surface area contributed by atoms with Crippen molar-refractivity contribution in [2.75, 3.05) is 0 Å². The number of nitro benzene ring substituents is 1. The van der Waals surface area contributed by atoms with Crippen molar-refractivity contribution in [2.24, 2.45) is 4.99 Å². The Morgan fingerprint density at radius 2 is 1.91 bits per heavy atom. The molecule has 3 aromatic rings. The number of carbonyl (C=O) groups is 1. The van der Waals surface area contributed by atoms with Gasteiger partial charge in [0.25, 0.3) is 11.6 Å². The molecule has 0 radical (unpaired) electrons. The lowest BCUT2D eigenvalue weighted by molar-refractivity contribution is -0.384. The van der Waals surface area contributed by atoms with Gasteiger partial charge in [0.15, 0.2) is 5.17 Å². The van der Waals surface area contributed by atoms with Crippen molar-refractivity contribution in [1.82, 2.24) is 5.32 Å². The number of benzene rings is 2. The maximum absolute atomic E-state index is 12.3. The first kappa shape index (κ1) is 22.0. The van der Waals surface area contributed by atoms with Crippen molar-refractivity contribution < 1.29 is 14.1 Å². The van der Waals surface area contributed by atoms with E-state index in [0.29, 0.717) is 38.2 Å². The lowest BCUT2D eigenvalue weighted by Crippen LogP contribution is -2.19. The maximum Gasteiger partial charge on any atom is 0.270 e. The van der Waals surface area contributed by atoms with Gasteiger partial charge in [-0.05, 0) is 65.3 Å². The highest BCUT2D eigenvalue weighted by Gasteiger charge is 2.24. The van der Waals surface area contributed by atoms with E-state index in [1.807, 2.05) is 13.8 Å². The molecule has 2 aromatic carbocycles. The number of rotatable bonds is 5. The van der Waals surface area contributed by atoms with Crippen LogP contribution in [0.25, 0.3) is 17.4 Å². The van der Waals surface area contributed by atoms with Crippen molar-refractivity contribution in [3.63, 3.8) is 0 Å². The molecule has 1 aliphatic heterocycles. The highest BCUT2D eigenvalue weighted by molar-refractivity contribution is 9.10. The van der Waals surface area contributed by atoms with Gasteiger partial charge in [-0.15, -0.1) is 0 Å². The van der Waals surface area contributed by atoms with Gasteiger partial charge >= 0.3 is 0 Å². The summed E-state index contributed by atoms with van der Waals surface area (Å²) in [5, 5.41) is 14.2. The zero-order chi connectivity index (χ0) is 22.8. The summed E-state index contributed by atoms with van der Waals surface area (Å²) in [5.74, 6) is 0.799. The molecule has 1 aromatic heterocycles. The Hall–Kier alpha value is -3.17. The normalized spacial score (nSPS) is 16.0. The van der Waals surface area contributed by atoms with E-state index in [0.717, 1.165) is 5.56 Å². The predicted molar refractivity (Wildman–Crippen MR) is 129 cm³/mol. The highest BCUT2D eigenvalue weighted by atomic mass is 79.9. The first-order chi connectivity index (χ1) is 15.3. The van der Waals surface area contributed by atoms with Gasteiger partial charge in [-0.25, -0.2) is 0 Å². The number of aryl methyl sites for hydroxylation is 2. The quantitative estimate of drug-likeness (QED) is 0.257. The summed E-state index contributed by atoms with van der Waals surface area (Å²) in [7, 11) is 0. The van der Waals surface area contributed by atoms with Crippen molar-refractivity contribution in [2.45, 2.75) is 20.4 Å². The molecule has 1 saturated heterocycles. The molecule has 0 unspecified atom stereocenters. The molecule has 32 heavy (non-hydrogen) atoms. The fraction of sp³-hybridized carbons (Fsp3) is 0.130. The maximum atomic E-state index is 12.3. The van der Waals surface area contributed by atoms with E-state index in [1.165, 1.54) is 35.0 Å². The van der Waals surface area contributed by atoms with E-state index >= 15 is 0 Å². The van der Waals surface area contributed by atoms with E-state index in [1.54, 1.807) is 24.3 Å². The summed E-state index contributed by atoms with van der Waals surface area (Å²) < 4.78 is 6.39.